The zero-order valence-electron chi connectivity index (χ0n) is 14.0. The van der Waals surface area contributed by atoms with Crippen LogP contribution < -0.4 is 10.6 Å². The Balaban J connectivity index is 1.79. The van der Waals surface area contributed by atoms with E-state index in [1.807, 2.05) is 39.8 Å². The molecule has 0 atom stereocenters. The zero-order valence-corrected chi connectivity index (χ0v) is 14.8. The molecule has 124 valence electrons. The highest BCUT2D eigenvalue weighted by Gasteiger charge is 2.20. The largest absolute Gasteiger partial charge is 0.356 e. The first-order chi connectivity index (χ1) is 10.8. The van der Waals surface area contributed by atoms with Gasteiger partial charge < -0.3 is 10.6 Å². The van der Waals surface area contributed by atoms with Gasteiger partial charge in [0.2, 0.25) is 11.8 Å². The number of hydrogen-bond donors (Lipinski definition) is 2. The number of thiazole rings is 1. The van der Waals surface area contributed by atoms with E-state index in [9.17, 15) is 9.59 Å². The van der Waals surface area contributed by atoms with Gasteiger partial charge in [-0.3, -0.25) is 9.59 Å². The summed E-state index contributed by atoms with van der Waals surface area (Å²) in [6, 6.07) is 6.02. The third kappa shape index (κ3) is 5.03. The minimum Gasteiger partial charge on any atom is -0.356 e. The maximum atomic E-state index is 11.9. The second kappa shape index (κ2) is 7.08. The van der Waals surface area contributed by atoms with Crippen LogP contribution in [-0.4, -0.2) is 23.3 Å². The van der Waals surface area contributed by atoms with E-state index in [1.54, 1.807) is 0 Å². The molecule has 0 radical (unpaired) electrons. The van der Waals surface area contributed by atoms with E-state index in [0.29, 0.717) is 24.5 Å². The molecule has 1 aromatic carbocycles. The molecule has 0 saturated heterocycles. The van der Waals surface area contributed by atoms with Gasteiger partial charge in [0.1, 0.15) is 0 Å². The van der Waals surface area contributed by atoms with Crippen LogP contribution in [0.25, 0.3) is 10.2 Å². The number of hydrogen-bond acceptors (Lipinski definition) is 4. The van der Waals surface area contributed by atoms with Crippen LogP contribution >= 0.6 is 11.3 Å². The molecule has 2 aromatic rings. The third-order valence-corrected chi connectivity index (χ3v) is 4.27. The highest BCUT2D eigenvalue weighted by Crippen LogP contribution is 2.26. The van der Waals surface area contributed by atoms with Gasteiger partial charge in [0.05, 0.1) is 10.2 Å². The molecule has 0 aliphatic rings. The van der Waals surface area contributed by atoms with E-state index in [4.69, 9.17) is 0 Å². The molecule has 0 spiro atoms. The molecule has 1 heterocycles. The Hall–Kier alpha value is -1.95. The highest BCUT2D eigenvalue weighted by atomic mass is 32.1. The lowest BCUT2D eigenvalue weighted by atomic mass is 9.96. The van der Waals surface area contributed by atoms with E-state index < -0.39 is 5.41 Å². The number of aryl methyl sites for hydroxylation is 1. The summed E-state index contributed by atoms with van der Waals surface area (Å²) in [6.07, 6.45) is 0.969. The molecule has 2 amide bonds. The van der Waals surface area contributed by atoms with Crippen LogP contribution in [0.15, 0.2) is 18.2 Å². The smallest absolute Gasteiger partial charge is 0.226 e. The fourth-order valence-electron chi connectivity index (χ4n) is 1.98. The number of benzene rings is 1. The van der Waals surface area contributed by atoms with Gasteiger partial charge in [0.15, 0.2) is 5.13 Å². The number of fused-ring (bicyclic) bond motifs is 1. The molecule has 0 aliphatic heterocycles. The summed E-state index contributed by atoms with van der Waals surface area (Å²) in [5, 5.41) is 6.28. The molecule has 2 rings (SSSR count). The average molecular weight is 333 g/mol. The van der Waals surface area contributed by atoms with Crippen LogP contribution in [0.1, 0.15) is 39.2 Å². The van der Waals surface area contributed by atoms with Crippen LogP contribution in [0, 0.1) is 12.3 Å². The Morgan fingerprint density at radius 1 is 1.26 bits per heavy atom. The SMILES string of the molecule is Cc1ccc2nc(NC(=O)CCCNC(=O)C(C)(C)C)sc2c1. The van der Waals surface area contributed by atoms with Crippen molar-refractivity contribution < 1.29 is 9.59 Å². The molecular weight excluding hydrogens is 310 g/mol. The van der Waals surface area contributed by atoms with Gasteiger partial charge in [0.25, 0.3) is 0 Å². The van der Waals surface area contributed by atoms with E-state index in [-0.39, 0.29) is 11.8 Å². The summed E-state index contributed by atoms with van der Waals surface area (Å²) < 4.78 is 1.07. The maximum Gasteiger partial charge on any atom is 0.226 e. The molecule has 0 unspecified atom stereocenters. The summed E-state index contributed by atoms with van der Waals surface area (Å²) >= 11 is 1.47. The van der Waals surface area contributed by atoms with Gasteiger partial charge in [-0.1, -0.05) is 38.2 Å². The molecule has 23 heavy (non-hydrogen) atoms. The standard InChI is InChI=1S/C17H23N3O2S/c1-11-7-8-12-13(10-11)23-16(19-12)20-14(21)6-5-9-18-15(22)17(2,3)4/h7-8,10H,5-6,9H2,1-4H3,(H,18,22)(H,19,20,21). The summed E-state index contributed by atoms with van der Waals surface area (Å²) in [6.45, 7) is 8.13. The molecule has 5 nitrogen and oxygen atoms in total. The Bertz CT molecular complexity index is 716. The average Bonchev–Trinajstić information content (AvgIpc) is 2.83. The van der Waals surface area contributed by atoms with Crippen molar-refractivity contribution in [1.82, 2.24) is 10.3 Å². The van der Waals surface area contributed by atoms with E-state index >= 15 is 0 Å². The maximum absolute atomic E-state index is 11.9. The molecular formula is C17H23N3O2S. The van der Waals surface area contributed by atoms with Crippen LogP contribution in [0.2, 0.25) is 0 Å². The topological polar surface area (TPSA) is 71.1 Å². The minimum absolute atomic E-state index is 0.000508. The molecule has 0 aliphatic carbocycles. The highest BCUT2D eigenvalue weighted by molar-refractivity contribution is 7.22. The normalized spacial score (nSPS) is 11.5. The lowest BCUT2D eigenvalue weighted by molar-refractivity contribution is -0.128. The molecule has 0 saturated carbocycles. The second-order valence-electron chi connectivity index (χ2n) is 6.65. The van der Waals surface area contributed by atoms with Crippen molar-refractivity contribution in [2.45, 2.75) is 40.5 Å². The monoisotopic (exact) mass is 333 g/mol. The van der Waals surface area contributed by atoms with Gasteiger partial charge in [-0.05, 0) is 31.0 Å². The predicted molar refractivity (Wildman–Crippen MR) is 94.7 cm³/mol. The van der Waals surface area contributed by atoms with Gasteiger partial charge in [-0.25, -0.2) is 4.98 Å². The van der Waals surface area contributed by atoms with Gasteiger partial charge in [-0.2, -0.15) is 0 Å². The first kappa shape index (κ1) is 17.4. The summed E-state index contributed by atoms with van der Waals surface area (Å²) in [7, 11) is 0. The van der Waals surface area contributed by atoms with Crippen molar-refractivity contribution in [1.29, 1.82) is 0 Å². The number of rotatable bonds is 5. The van der Waals surface area contributed by atoms with Crippen molar-refractivity contribution in [3.8, 4) is 0 Å². The fourth-order valence-corrected chi connectivity index (χ4v) is 2.96. The summed E-state index contributed by atoms with van der Waals surface area (Å²) in [5.41, 5.74) is 1.67. The van der Waals surface area contributed by atoms with Crippen LogP contribution in [0.4, 0.5) is 5.13 Å². The lowest BCUT2D eigenvalue weighted by Crippen LogP contribution is -2.35. The minimum atomic E-state index is -0.401. The fraction of sp³-hybridized carbons (Fsp3) is 0.471. The van der Waals surface area contributed by atoms with Crippen molar-refractivity contribution in [2.24, 2.45) is 5.41 Å². The van der Waals surface area contributed by atoms with Gasteiger partial charge >= 0.3 is 0 Å². The van der Waals surface area contributed by atoms with Gasteiger partial charge in [-0.15, -0.1) is 0 Å². The number of anilines is 1. The van der Waals surface area contributed by atoms with Crippen molar-refractivity contribution in [3.63, 3.8) is 0 Å². The molecule has 6 heteroatoms. The number of aromatic nitrogens is 1. The zero-order chi connectivity index (χ0) is 17.0. The van der Waals surface area contributed by atoms with E-state index in [0.717, 1.165) is 10.2 Å². The number of carbonyl (C=O) groups is 2. The van der Waals surface area contributed by atoms with Crippen molar-refractivity contribution in [3.05, 3.63) is 23.8 Å². The molecule has 0 bridgehead atoms. The Morgan fingerprint density at radius 3 is 2.70 bits per heavy atom. The predicted octanol–water partition coefficient (Wildman–Crippen LogP) is 3.49. The van der Waals surface area contributed by atoms with Crippen molar-refractivity contribution >= 4 is 38.5 Å². The Labute approximate surface area is 140 Å². The van der Waals surface area contributed by atoms with Crippen LogP contribution in [0.5, 0.6) is 0 Å². The van der Waals surface area contributed by atoms with Crippen LogP contribution in [-0.2, 0) is 9.59 Å². The quantitative estimate of drug-likeness (QED) is 0.823. The Morgan fingerprint density at radius 2 is 2.00 bits per heavy atom. The summed E-state index contributed by atoms with van der Waals surface area (Å²) in [5.74, 6) is -0.0785. The lowest BCUT2D eigenvalue weighted by Gasteiger charge is -2.17. The molecule has 2 N–H and O–H groups in total. The first-order valence-corrected chi connectivity index (χ1v) is 8.53. The van der Waals surface area contributed by atoms with Gasteiger partial charge in [0, 0.05) is 18.4 Å². The van der Waals surface area contributed by atoms with Crippen molar-refractivity contribution in [2.75, 3.05) is 11.9 Å². The number of nitrogens with zero attached hydrogens (tertiary/aromatic N) is 1. The van der Waals surface area contributed by atoms with E-state index in [2.05, 4.69) is 21.7 Å². The summed E-state index contributed by atoms with van der Waals surface area (Å²) in [4.78, 5) is 28.0. The van der Waals surface area contributed by atoms with E-state index in [1.165, 1.54) is 16.9 Å². The third-order valence-electron chi connectivity index (χ3n) is 3.34. The second-order valence-corrected chi connectivity index (χ2v) is 7.68. The molecule has 1 aromatic heterocycles. The van der Waals surface area contributed by atoms with Crippen LogP contribution in [0.3, 0.4) is 0 Å². The number of nitrogens with one attached hydrogen (secondary N) is 2. The Kier molecular flexibility index (Phi) is 5.36. The molecule has 0 fully saturated rings. The number of amides is 2. The number of carbonyl (C=O) groups excluding carboxylic acids is 2. The first-order valence-electron chi connectivity index (χ1n) is 7.71.